The summed E-state index contributed by atoms with van der Waals surface area (Å²) >= 11 is 3.11. The number of rotatable bonds is 8. The first-order chi connectivity index (χ1) is 19.6. The second-order valence-corrected chi connectivity index (χ2v) is 12.3. The number of fused-ring (bicyclic) bond motifs is 1. The Kier molecular flexibility index (Phi) is 7.93. The second kappa shape index (κ2) is 11.9. The Labute approximate surface area is 242 Å². The lowest BCUT2D eigenvalue weighted by Crippen LogP contribution is -2.71. The van der Waals surface area contributed by atoms with Gasteiger partial charge in [-0.05, 0) is 41.8 Å². The molecule has 0 saturated carbocycles. The van der Waals surface area contributed by atoms with Crippen molar-refractivity contribution < 1.29 is 19.1 Å². The summed E-state index contributed by atoms with van der Waals surface area (Å²) < 4.78 is 6.26. The minimum Gasteiger partial charge on any atom is -0.448 e. The van der Waals surface area contributed by atoms with Crippen LogP contribution in [0.25, 0.3) is 0 Å². The van der Waals surface area contributed by atoms with Crippen molar-refractivity contribution in [2.24, 2.45) is 0 Å². The molecule has 0 bridgehead atoms. The van der Waals surface area contributed by atoms with E-state index in [1.165, 1.54) is 11.3 Å². The highest BCUT2D eigenvalue weighted by atomic mass is 32.2. The van der Waals surface area contributed by atoms with E-state index >= 15 is 0 Å². The summed E-state index contributed by atoms with van der Waals surface area (Å²) in [7, 11) is 0. The van der Waals surface area contributed by atoms with Crippen LogP contribution in [-0.4, -0.2) is 57.8 Å². The Hall–Kier alpha value is -3.56. The van der Waals surface area contributed by atoms with Crippen LogP contribution in [0.4, 0.5) is 0 Å². The first-order valence-corrected chi connectivity index (χ1v) is 15.6. The van der Waals surface area contributed by atoms with Gasteiger partial charge in [-0.25, -0.2) is 4.79 Å². The molecule has 3 aliphatic rings. The number of likely N-dealkylation sites (tertiary alicyclic amines) is 1. The molecule has 40 heavy (non-hydrogen) atoms. The third-order valence-electron chi connectivity index (χ3n) is 7.54. The molecule has 4 heterocycles. The van der Waals surface area contributed by atoms with Crippen LogP contribution in [0.1, 0.15) is 41.4 Å². The molecule has 2 amide bonds. The van der Waals surface area contributed by atoms with E-state index in [1.54, 1.807) is 16.7 Å². The molecule has 1 aromatic heterocycles. The van der Waals surface area contributed by atoms with E-state index in [4.69, 9.17) is 4.74 Å². The Morgan fingerprint density at radius 3 is 2.23 bits per heavy atom. The van der Waals surface area contributed by atoms with Crippen molar-refractivity contribution in [3.8, 4) is 0 Å². The highest BCUT2D eigenvalue weighted by Crippen LogP contribution is 2.43. The van der Waals surface area contributed by atoms with Crippen molar-refractivity contribution >= 4 is 40.9 Å². The fourth-order valence-corrected chi connectivity index (χ4v) is 7.63. The molecule has 3 aliphatic heterocycles. The number of hydrogen-bond donors (Lipinski definition) is 1. The summed E-state index contributed by atoms with van der Waals surface area (Å²) in [4.78, 5) is 45.1. The van der Waals surface area contributed by atoms with Gasteiger partial charge >= 0.3 is 5.97 Å². The lowest BCUT2D eigenvalue weighted by Gasteiger charge is -2.51. The molecule has 2 saturated heterocycles. The van der Waals surface area contributed by atoms with E-state index in [9.17, 15) is 14.4 Å². The van der Waals surface area contributed by atoms with Gasteiger partial charge in [-0.1, -0.05) is 66.7 Å². The van der Waals surface area contributed by atoms with Gasteiger partial charge < -0.3 is 15.0 Å². The minimum absolute atomic E-state index is 0.191. The molecule has 6 rings (SSSR count). The van der Waals surface area contributed by atoms with Crippen LogP contribution in [-0.2, 0) is 25.5 Å². The van der Waals surface area contributed by atoms with Crippen molar-refractivity contribution in [3.63, 3.8) is 0 Å². The van der Waals surface area contributed by atoms with E-state index in [0.29, 0.717) is 11.4 Å². The van der Waals surface area contributed by atoms with Crippen molar-refractivity contribution in [1.82, 2.24) is 15.1 Å². The molecule has 2 atom stereocenters. The number of thioether (sulfide) groups is 1. The predicted molar refractivity (Wildman–Crippen MR) is 156 cm³/mol. The van der Waals surface area contributed by atoms with Gasteiger partial charge in [0.1, 0.15) is 11.4 Å². The highest BCUT2D eigenvalue weighted by molar-refractivity contribution is 8.00. The summed E-state index contributed by atoms with van der Waals surface area (Å²) in [5.41, 5.74) is 2.88. The number of nitrogens with zero attached hydrogens (tertiary/aromatic N) is 2. The number of carbonyl (C=O) groups is 3. The molecule has 206 valence electrons. The van der Waals surface area contributed by atoms with Gasteiger partial charge in [0.05, 0.1) is 12.1 Å². The van der Waals surface area contributed by atoms with Crippen molar-refractivity contribution in [1.29, 1.82) is 0 Å². The number of nitrogens with one attached hydrogen (secondary N) is 1. The third-order valence-corrected chi connectivity index (χ3v) is 9.68. The summed E-state index contributed by atoms with van der Waals surface area (Å²) in [5.74, 6) is -0.393. The Bertz CT molecular complexity index is 1350. The minimum atomic E-state index is -0.665. The molecule has 2 fully saturated rings. The van der Waals surface area contributed by atoms with Crippen LogP contribution >= 0.6 is 23.1 Å². The van der Waals surface area contributed by atoms with Gasteiger partial charge in [-0.2, -0.15) is 0 Å². The molecular weight excluding hydrogens is 542 g/mol. The average Bonchev–Trinajstić information content (AvgIpc) is 3.52. The number of piperidine rings is 1. The number of esters is 1. The predicted octanol–water partition coefficient (Wildman–Crippen LogP) is 4.72. The fourth-order valence-electron chi connectivity index (χ4n) is 5.54. The number of hydrogen-bond acceptors (Lipinski definition) is 7. The second-order valence-electron chi connectivity index (χ2n) is 10.2. The monoisotopic (exact) mass is 573 g/mol. The fraction of sp³-hybridized carbons (Fsp3) is 0.323. The van der Waals surface area contributed by atoms with Crippen molar-refractivity contribution in [2.45, 2.75) is 43.2 Å². The lowest BCUT2D eigenvalue weighted by atomic mass is 10.0. The summed E-state index contributed by atoms with van der Waals surface area (Å²) in [5, 5.41) is 4.50. The molecule has 0 aliphatic carbocycles. The molecular formula is C31H31N3O4S2. The topological polar surface area (TPSA) is 79.0 Å². The zero-order chi connectivity index (χ0) is 27.5. The average molecular weight is 574 g/mol. The van der Waals surface area contributed by atoms with Crippen LogP contribution in [0.2, 0.25) is 0 Å². The van der Waals surface area contributed by atoms with E-state index in [2.05, 4.69) is 10.2 Å². The maximum atomic E-state index is 14.1. The van der Waals surface area contributed by atoms with Gasteiger partial charge in [0.15, 0.2) is 11.8 Å². The molecule has 1 N–H and O–H groups in total. The van der Waals surface area contributed by atoms with Gasteiger partial charge in [0, 0.05) is 23.7 Å². The molecule has 0 spiro atoms. The molecule has 9 heteroatoms. The summed E-state index contributed by atoms with van der Waals surface area (Å²) in [6.07, 6.45) is 2.87. The number of amides is 2. The summed E-state index contributed by atoms with van der Waals surface area (Å²) in [6.45, 7) is 1.70. The third kappa shape index (κ3) is 5.40. The quantitative estimate of drug-likeness (QED) is 0.310. The zero-order valence-corrected chi connectivity index (χ0v) is 23.7. The van der Waals surface area contributed by atoms with E-state index < -0.39 is 18.1 Å². The van der Waals surface area contributed by atoms with Crippen LogP contribution in [0, 0.1) is 0 Å². The Morgan fingerprint density at radius 2 is 1.60 bits per heavy atom. The van der Waals surface area contributed by atoms with Gasteiger partial charge in [0.25, 0.3) is 5.91 Å². The first-order valence-electron chi connectivity index (χ1n) is 13.7. The number of ether oxygens (including phenoxy) is 1. The molecule has 2 aromatic carbocycles. The highest BCUT2D eigenvalue weighted by Gasteiger charge is 2.55. The zero-order valence-electron chi connectivity index (χ0n) is 22.0. The number of thiophene rings is 1. The molecule has 7 nitrogen and oxygen atoms in total. The van der Waals surface area contributed by atoms with Gasteiger partial charge in [0.2, 0.25) is 5.91 Å². The van der Waals surface area contributed by atoms with Gasteiger partial charge in [-0.15, -0.1) is 23.1 Å². The van der Waals surface area contributed by atoms with E-state index in [0.717, 1.165) is 54.1 Å². The molecule has 1 unspecified atom stereocenters. The van der Waals surface area contributed by atoms with Crippen molar-refractivity contribution in [3.05, 3.63) is 106 Å². The van der Waals surface area contributed by atoms with Crippen LogP contribution in [0.5, 0.6) is 0 Å². The largest absolute Gasteiger partial charge is 0.448 e. The number of β-lactam (4-membered cyclic amide) rings is 1. The first kappa shape index (κ1) is 26.7. The van der Waals surface area contributed by atoms with E-state index in [1.807, 2.05) is 78.2 Å². The Balaban J connectivity index is 1.28. The smallest absolute Gasteiger partial charge is 0.357 e. The normalized spacial score (nSPS) is 20.7. The Morgan fingerprint density at radius 1 is 0.925 bits per heavy atom. The SMILES string of the molecule is O=C(Cc1cccs1)NC1C(=O)N2C(C(=O)OC(c3ccccc3)c3ccccc3)=C(N3CCCCC3)CS[C@@H]12. The lowest BCUT2D eigenvalue weighted by molar-refractivity contribution is -0.155. The number of benzene rings is 2. The molecule has 0 radical (unpaired) electrons. The standard InChI is InChI=1S/C31H31N3O4S2/c35-25(19-23-15-10-18-39-23)32-26-29(36)34-27(24(20-40-30(26)34)33-16-8-3-9-17-33)31(37)38-28(21-11-4-1-5-12-21)22-13-6-2-7-14-22/h1-2,4-7,10-15,18,26,28,30H,3,8-9,16-17,19-20H2,(H,32,35)/t26?,30-/m0/s1. The van der Waals surface area contributed by atoms with Crippen LogP contribution < -0.4 is 5.32 Å². The van der Waals surface area contributed by atoms with Crippen LogP contribution in [0.15, 0.2) is 89.6 Å². The van der Waals surface area contributed by atoms with Gasteiger partial charge in [-0.3, -0.25) is 14.5 Å². The maximum Gasteiger partial charge on any atom is 0.357 e. The maximum absolute atomic E-state index is 14.1. The van der Waals surface area contributed by atoms with E-state index in [-0.39, 0.29) is 23.6 Å². The van der Waals surface area contributed by atoms with Crippen molar-refractivity contribution in [2.75, 3.05) is 18.8 Å². The molecule has 3 aromatic rings. The number of carbonyl (C=O) groups excluding carboxylic acids is 3. The van der Waals surface area contributed by atoms with Crippen LogP contribution in [0.3, 0.4) is 0 Å². The summed E-state index contributed by atoms with van der Waals surface area (Å²) in [6, 6.07) is 22.5.